The molecular formula is C22H29FO2. The number of halogens is 1. The predicted molar refractivity (Wildman–Crippen MR) is 95.5 cm³/mol. The lowest BCUT2D eigenvalue weighted by Gasteiger charge is -2.56. The molecule has 7 atom stereocenters. The van der Waals surface area contributed by atoms with Gasteiger partial charge in [0.25, 0.3) is 0 Å². The average Bonchev–Trinajstić information content (AvgIpc) is 3.26. The maximum Gasteiger partial charge on any atom is 0.140 e. The summed E-state index contributed by atoms with van der Waals surface area (Å²) in [5.41, 5.74) is 1.30. The van der Waals surface area contributed by atoms with Crippen LogP contribution < -0.4 is 4.74 Å². The van der Waals surface area contributed by atoms with E-state index in [2.05, 4.69) is 32.0 Å². The van der Waals surface area contributed by atoms with E-state index in [0.717, 1.165) is 25.0 Å². The van der Waals surface area contributed by atoms with Crippen LogP contribution in [0.15, 0.2) is 18.2 Å². The molecule has 5 rings (SSSR count). The van der Waals surface area contributed by atoms with Gasteiger partial charge in [-0.1, -0.05) is 19.9 Å². The number of rotatable bonds is 2. The highest BCUT2D eigenvalue weighted by Crippen LogP contribution is 2.85. The molecule has 4 aliphatic rings. The molecule has 2 nitrogen and oxygen atoms in total. The van der Waals surface area contributed by atoms with Crippen LogP contribution in [0, 0.1) is 28.6 Å². The van der Waals surface area contributed by atoms with Crippen molar-refractivity contribution in [1.82, 2.24) is 0 Å². The van der Waals surface area contributed by atoms with Crippen molar-refractivity contribution in [3.63, 3.8) is 0 Å². The molecule has 136 valence electrons. The normalized spacial score (nSPS) is 49.6. The zero-order chi connectivity index (χ0) is 17.6. The van der Waals surface area contributed by atoms with E-state index in [-0.39, 0.29) is 17.4 Å². The minimum atomic E-state index is -1.37. The van der Waals surface area contributed by atoms with Crippen molar-refractivity contribution in [1.29, 1.82) is 0 Å². The molecule has 25 heavy (non-hydrogen) atoms. The second-order valence-electron chi connectivity index (χ2n) is 9.52. The third-order valence-corrected chi connectivity index (χ3v) is 8.88. The van der Waals surface area contributed by atoms with Gasteiger partial charge < -0.3 is 9.84 Å². The zero-order valence-electron chi connectivity index (χ0n) is 15.5. The topological polar surface area (TPSA) is 29.5 Å². The second kappa shape index (κ2) is 4.79. The lowest BCUT2D eigenvalue weighted by atomic mass is 9.48. The molecule has 0 saturated heterocycles. The first kappa shape index (κ1) is 16.1. The van der Waals surface area contributed by atoms with Gasteiger partial charge in [0.2, 0.25) is 0 Å². The standard InChI is InChI=1S/C22H29FO2/c1-13-8-14-9-16(25-3)4-5-17(14)18-6-7-20(2)21(23,12-24)10-15-11-22(15,20)19(13)18/h4-5,9,13,15,18-19,24H,6-8,10-12H2,1-3H3/t13-,15+,18-,19-,20-,21-,22-/m1/s1. The molecule has 3 fully saturated rings. The Hall–Kier alpha value is -1.09. The van der Waals surface area contributed by atoms with Crippen LogP contribution in [0.4, 0.5) is 4.39 Å². The maximum absolute atomic E-state index is 15.7. The molecule has 0 aliphatic heterocycles. The number of methoxy groups -OCH3 is 1. The first-order valence-electron chi connectivity index (χ1n) is 9.87. The molecule has 3 saturated carbocycles. The Labute approximate surface area is 149 Å². The fourth-order valence-corrected chi connectivity index (χ4v) is 7.74. The van der Waals surface area contributed by atoms with E-state index in [1.54, 1.807) is 7.11 Å². The summed E-state index contributed by atoms with van der Waals surface area (Å²) in [5, 5.41) is 9.85. The van der Waals surface area contributed by atoms with Crippen LogP contribution in [-0.2, 0) is 6.42 Å². The third kappa shape index (κ3) is 1.69. The molecule has 1 spiro atoms. The second-order valence-corrected chi connectivity index (χ2v) is 9.52. The zero-order valence-corrected chi connectivity index (χ0v) is 15.5. The van der Waals surface area contributed by atoms with E-state index >= 15 is 4.39 Å². The molecule has 0 amide bonds. The fraction of sp³-hybridized carbons (Fsp3) is 0.727. The quantitative estimate of drug-likeness (QED) is 0.856. The molecule has 3 heteroatoms. The minimum Gasteiger partial charge on any atom is -0.497 e. The summed E-state index contributed by atoms with van der Waals surface area (Å²) in [7, 11) is 1.73. The molecule has 1 N–H and O–H groups in total. The predicted octanol–water partition coefficient (Wildman–Crippen LogP) is 4.50. The summed E-state index contributed by atoms with van der Waals surface area (Å²) < 4.78 is 21.1. The number of aliphatic hydroxyl groups is 1. The number of fused-ring (bicyclic) bond motifs is 3. The van der Waals surface area contributed by atoms with Gasteiger partial charge in [-0.25, -0.2) is 4.39 Å². The average molecular weight is 344 g/mol. The van der Waals surface area contributed by atoms with E-state index < -0.39 is 5.67 Å². The molecule has 1 aromatic rings. The van der Waals surface area contributed by atoms with Crippen molar-refractivity contribution in [2.24, 2.45) is 28.6 Å². The molecule has 0 bridgehead atoms. The molecule has 0 unspecified atom stereocenters. The van der Waals surface area contributed by atoms with Gasteiger partial charge in [-0.05, 0) is 84.5 Å². The number of hydrogen-bond donors (Lipinski definition) is 1. The first-order valence-corrected chi connectivity index (χ1v) is 9.87. The van der Waals surface area contributed by atoms with Gasteiger partial charge in [-0.2, -0.15) is 0 Å². The summed E-state index contributed by atoms with van der Waals surface area (Å²) >= 11 is 0. The summed E-state index contributed by atoms with van der Waals surface area (Å²) in [4.78, 5) is 0. The van der Waals surface area contributed by atoms with Crippen molar-refractivity contribution in [2.45, 2.75) is 57.5 Å². The monoisotopic (exact) mass is 344 g/mol. The van der Waals surface area contributed by atoms with Gasteiger partial charge in [-0.3, -0.25) is 0 Å². The van der Waals surface area contributed by atoms with Crippen molar-refractivity contribution < 1.29 is 14.2 Å². The summed E-state index contributed by atoms with van der Waals surface area (Å²) in [5.74, 6) is 3.08. The number of ether oxygens (including phenoxy) is 1. The van der Waals surface area contributed by atoms with Gasteiger partial charge >= 0.3 is 0 Å². The van der Waals surface area contributed by atoms with Crippen LogP contribution in [0.3, 0.4) is 0 Å². The van der Waals surface area contributed by atoms with Crippen LogP contribution in [-0.4, -0.2) is 24.5 Å². The largest absolute Gasteiger partial charge is 0.497 e. The van der Waals surface area contributed by atoms with Crippen LogP contribution >= 0.6 is 0 Å². The Morgan fingerprint density at radius 3 is 2.84 bits per heavy atom. The minimum absolute atomic E-state index is 0.116. The highest BCUT2D eigenvalue weighted by atomic mass is 19.1. The molecule has 0 aromatic heterocycles. The van der Waals surface area contributed by atoms with E-state index in [1.807, 2.05) is 0 Å². The van der Waals surface area contributed by atoms with Crippen LogP contribution in [0.5, 0.6) is 5.75 Å². The van der Waals surface area contributed by atoms with Crippen LogP contribution in [0.2, 0.25) is 0 Å². The van der Waals surface area contributed by atoms with E-state index in [4.69, 9.17) is 4.74 Å². The molecular weight excluding hydrogens is 315 g/mol. The van der Waals surface area contributed by atoms with Crippen molar-refractivity contribution >= 4 is 0 Å². The number of alkyl halides is 1. The molecule has 0 heterocycles. The lowest BCUT2D eigenvalue weighted by molar-refractivity contribution is -0.112. The highest BCUT2D eigenvalue weighted by molar-refractivity contribution is 5.43. The Balaban J connectivity index is 1.60. The van der Waals surface area contributed by atoms with Crippen molar-refractivity contribution in [3.05, 3.63) is 29.3 Å². The Bertz CT molecular complexity index is 733. The summed E-state index contributed by atoms with van der Waals surface area (Å²) in [6.45, 7) is 4.22. The maximum atomic E-state index is 15.7. The van der Waals surface area contributed by atoms with E-state index in [1.165, 1.54) is 17.5 Å². The lowest BCUT2D eigenvalue weighted by Crippen LogP contribution is -2.55. The SMILES string of the molecule is COc1ccc2c(c1)C[C@@H](C)[C@@H]1[C@@H]2CC[C@]2(C)[C@](F)(CO)C[C@H]3C[C@@]312. The summed E-state index contributed by atoms with van der Waals surface area (Å²) in [6, 6.07) is 6.56. The smallest absolute Gasteiger partial charge is 0.140 e. The third-order valence-electron chi connectivity index (χ3n) is 8.88. The number of hydrogen-bond acceptors (Lipinski definition) is 2. The number of aliphatic hydroxyl groups excluding tert-OH is 1. The van der Waals surface area contributed by atoms with Gasteiger partial charge in [0.05, 0.1) is 13.7 Å². The van der Waals surface area contributed by atoms with E-state index in [9.17, 15) is 5.11 Å². The van der Waals surface area contributed by atoms with Crippen molar-refractivity contribution in [2.75, 3.05) is 13.7 Å². The van der Waals surface area contributed by atoms with Gasteiger partial charge in [0.1, 0.15) is 11.4 Å². The Kier molecular flexibility index (Phi) is 3.09. The van der Waals surface area contributed by atoms with Crippen LogP contribution in [0.1, 0.15) is 56.6 Å². The van der Waals surface area contributed by atoms with Crippen LogP contribution in [0.25, 0.3) is 0 Å². The number of benzene rings is 1. The highest BCUT2D eigenvalue weighted by Gasteiger charge is 2.82. The van der Waals surface area contributed by atoms with E-state index in [0.29, 0.717) is 30.1 Å². The van der Waals surface area contributed by atoms with Gasteiger partial charge in [0.15, 0.2) is 0 Å². The van der Waals surface area contributed by atoms with Crippen molar-refractivity contribution in [3.8, 4) is 5.75 Å². The molecule has 0 radical (unpaired) electrons. The Morgan fingerprint density at radius 1 is 1.32 bits per heavy atom. The molecule has 4 aliphatic carbocycles. The Morgan fingerprint density at radius 2 is 2.12 bits per heavy atom. The summed E-state index contributed by atoms with van der Waals surface area (Å²) in [6.07, 6.45) is 4.76. The first-order chi connectivity index (χ1) is 11.9. The molecule has 1 aromatic carbocycles. The van der Waals surface area contributed by atoms with Gasteiger partial charge in [0, 0.05) is 5.41 Å². The van der Waals surface area contributed by atoms with Gasteiger partial charge in [-0.15, -0.1) is 0 Å². The fourth-order valence-electron chi connectivity index (χ4n) is 7.74.